The SMILES string of the molecule is CC(C)(C)c1ccc(Oc2cc3c4c(cc(Oc5ccc(C(C)(C)C)cc5)c5c6c(Oc7ccc(C(C)(C)C)cc7)cc7c8c(cc(Oc9ccc(C(C)(C)C)cc9)c(c2c45)c86)C(=O)N(c2c(CCc4ccncc4)cccc2CCc2ccncc2)C7=O)C(=O)N(c2c(CCc4ccncc4)cccc2CCc2ccncc2)C3=O)cc1. The number of hydrogen-bond acceptors (Lipinski definition) is 12. The van der Waals surface area contributed by atoms with Gasteiger partial charge in [-0.15, -0.1) is 0 Å². The van der Waals surface area contributed by atoms with Crippen molar-refractivity contribution >= 4 is 78.1 Å². The van der Waals surface area contributed by atoms with E-state index in [2.05, 4.69) is 103 Å². The lowest BCUT2D eigenvalue weighted by atomic mass is 9.80. The number of ether oxygens (including phenoxy) is 4. The highest BCUT2D eigenvalue weighted by Gasteiger charge is 2.44. The summed E-state index contributed by atoms with van der Waals surface area (Å²) >= 11 is 0. The number of aromatic nitrogens is 4. The number of carbonyl (C=O) groups is 4. The lowest BCUT2D eigenvalue weighted by Gasteiger charge is -2.34. The summed E-state index contributed by atoms with van der Waals surface area (Å²) in [6.07, 6.45) is 18.4. The summed E-state index contributed by atoms with van der Waals surface area (Å²) < 4.78 is 30.4. The molecule has 0 saturated heterocycles. The number of anilines is 2. The van der Waals surface area contributed by atoms with E-state index in [4.69, 9.17) is 18.9 Å². The summed E-state index contributed by atoms with van der Waals surface area (Å²) in [5.74, 6) is 0.345. The molecule has 0 aliphatic carbocycles. The Labute approximate surface area is 688 Å². The van der Waals surface area contributed by atoms with Crippen LogP contribution in [0.4, 0.5) is 11.4 Å². The number of imide groups is 2. The molecular weight excluding hydrogens is 1460 g/mol. The summed E-state index contributed by atoms with van der Waals surface area (Å²) in [6.45, 7) is 25.9. The van der Waals surface area contributed by atoms with Crippen LogP contribution in [-0.4, -0.2) is 43.6 Å². The van der Waals surface area contributed by atoms with Gasteiger partial charge in [0.1, 0.15) is 46.0 Å². The van der Waals surface area contributed by atoms with Crippen LogP contribution >= 0.6 is 0 Å². The molecule has 0 unspecified atom stereocenters. The molecule has 6 heterocycles. The standard InChI is InChI=1S/C104H94N6O8/c1-101(2,3)71-27-35-75(36-28-71)115-83-59-79-87-80(98(112)109(97(79)111)95-67(23-19-63-43-51-105-52-44-63)15-13-16-68(95)24-20-64-45-53-106-54-46-64)61-85(117-77-39-31-73(32-40-77)103(7,8)9)91-92-86(118-78-41-33-74(34-42-78)104(10,11)12)62-82-88-81(60-84(90(94(88)92)89(83)93(87)91)116-76-37-29-72(30-38-76)102(4,5)6)99(113)110(100(82)114)96-69(25-21-65-47-55-107-56-48-65)17-14-18-70(96)26-22-66-49-57-108-58-50-66/h13-18,27-62H,19-26H2,1-12H3. The lowest BCUT2D eigenvalue weighted by molar-refractivity contribution is 0.0877. The molecule has 0 N–H and O–H groups in total. The molecule has 4 aromatic heterocycles. The van der Waals surface area contributed by atoms with Crippen LogP contribution in [0.3, 0.4) is 0 Å². The van der Waals surface area contributed by atoms with E-state index in [1.165, 1.54) is 9.80 Å². The van der Waals surface area contributed by atoms with Crippen LogP contribution in [0.2, 0.25) is 0 Å². The zero-order valence-corrected chi connectivity index (χ0v) is 68.9. The Kier molecular flexibility index (Phi) is 20.2. The predicted octanol–water partition coefficient (Wildman–Crippen LogP) is 24.4. The number of fused-ring (bicyclic) bond motifs is 2. The van der Waals surface area contributed by atoms with Gasteiger partial charge >= 0.3 is 0 Å². The van der Waals surface area contributed by atoms with Crippen LogP contribution in [-0.2, 0) is 73.0 Å². The Balaban J connectivity index is 1.01. The predicted molar refractivity (Wildman–Crippen MR) is 470 cm³/mol. The molecule has 14 nitrogen and oxygen atoms in total. The minimum atomic E-state index is -0.574. The van der Waals surface area contributed by atoms with Crippen molar-refractivity contribution in [2.75, 3.05) is 9.80 Å². The van der Waals surface area contributed by atoms with Gasteiger partial charge in [0.05, 0.1) is 33.6 Å². The number of amides is 4. The fraction of sp³-hybridized carbons (Fsp3) is 0.231. The largest absolute Gasteiger partial charge is 0.457 e. The van der Waals surface area contributed by atoms with Gasteiger partial charge in [0.15, 0.2) is 0 Å². The van der Waals surface area contributed by atoms with Gasteiger partial charge in [0.25, 0.3) is 23.6 Å². The number of para-hydroxylation sites is 2. The van der Waals surface area contributed by atoms with Crippen molar-refractivity contribution in [1.82, 2.24) is 19.9 Å². The number of aryl methyl sites for hydroxylation is 8. The third kappa shape index (κ3) is 15.0. The first-order valence-corrected chi connectivity index (χ1v) is 40.7. The van der Waals surface area contributed by atoms with Crippen molar-refractivity contribution in [2.45, 2.75) is 156 Å². The average molecular weight is 1560 g/mol. The van der Waals surface area contributed by atoms with Crippen LogP contribution < -0.4 is 28.7 Å². The van der Waals surface area contributed by atoms with E-state index in [-0.39, 0.29) is 66.9 Å². The van der Waals surface area contributed by atoms with Crippen molar-refractivity contribution in [2.24, 2.45) is 0 Å². The van der Waals surface area contributed by atoms with Gasteiger partial charge in [-0.1, -0.05) is 168 Å². The van der Waals surface area contributed by atoms with Gasteiger partial charge in [0, 0.05) is 92.7 Å². The molecule has 588 valence electrons. The Morgan fingerprint density at radius 3 is 0.644 bits per heavy atom. The molecular formula is C104H94N6O8. The summed E-state index contributed by atoms with van der Waals surface area (Å²) in [4.78, 5) is 88.8. The number of rotatable bonds is 22. The molecule has 15 aromatic rings. The van der Waals surface area contributed by atoms with Crippen molar-refractivity contribution in [1.29, 1.82) is 0 Å². The van der Waals surface area contributed by atoms with E-state index in [0.29, 0.717) is 129 Å². The molecule has 17 rings (SSSR count). The van der Waals surface area contributed by atoms with Gasteiger partial charge in [-0.3, -0.25) is 39.1 Å². The molecule has 0 spiro atoms. The van der Waals surface area contributed by atoms with Crippen molar-refractivity contribution in [3.05, 3.63) is 345 Å². The second-order valence-corrected chi connectivity index (χ2v) is 35.4. The normalized spacial score (nSPS) is 13.2. The van der Waals surface area contributed by atoms with Crippen molar-refractivity contribution < 1.29 is 38.1 Å². The molecule has 118 heavy (non-hydrogen) atoms. The maximum absolute atomic E-state index is 17.2. The van der Waals surface area contributed by atoms with E-state index in [9.17, 15) is 0 Å². The first-order chi connectivity index (χ1) is 56.7. The third-order valence-electron chi connectivity index (χ3n) is 23.3. The first kappa shape index (κ1) is 77.4. The molecule has 0 radical (unpaired) electrons. The number of benzene rings is 11. The van der Waals surface area contributed by atoms with Gasteiger partial charge < -0.3 is 18.9 Å². The molecule has 4 amide bonds. The van der Waals surface area contributed by atoms with Gasteiger partial charge in [-0.2, -0.15) is 0 Å². The number of nitrogens with zero attached hydrogens (tertiary/aromatic N) is 6. The molecule has 0 bridgehead atoms. The van der Waals surface area contributed by atoms with E-state index in [0.717, 1.165) is 66.8 Å². The maximum Gasteiger partial charge on any atom is 0.266 e. The zero-order chi connectivity index (χ0) is 82.1. The Hall–Kier alpha value is -13.2. The zero-order valence-electron chi connectivity index (χ0n) is 68.9. The number of hydrogen-bond donors (Lipinski definition) is 0. The minimum Gasteiger partial charge on any atom is -0.457 e. The first-order valence-electron chi connectivity index (χ1n) is 40.7. The molecule has 2 aliphatic heterocycles. The highest BCUT2D eigenvalue weighted by molar-refractivity contribution is 6.48. The van der Waals surface area contributed by atoms with Crippen LogP contribution in [0.15, 0.2) is 256 Å². The Morgan fingerprint density at radius 2 is 0.449 bits per heavy atom. The maximum atomic E-state index is 17.2. The van der Waals surface area contributed by atoms with Crippen LogP contribution in [0.1, 0.15) is 191 Å². The topological polar surface area (TPSA) is 163 Å². The van der Waals surface area contributed by atoms with E-state index in [1.807, 2.05) is 182 Å². The summed E-state index contributed by atoms with van der Waals surface area (Å²) in [5, 5.41) is 3.13. The van der Waals surface area contributed by atoms with Gasteiger partial charge in [-0.05, 0) is 261 Å². The summed E-state index contributed by atoms with van der Waals surface area (Å²) in [7, 11) is 0. The Morgan fingerprint density at radius 1 is 0.246 bits per heavy atom. The fourth-order valence-corrected chi connectivity index (χ4v) is 16.8. The lowest BCUT2D eigenvalue weighted by Crippen LogP contribution is -2.42. The molecule has 2 aliphatic rings. The number of carbonyl (C=O) groups excluding carboxylic acids is 4. The van der Waals surface area contributed by atoms with E-state index < -0.39 is 23.6 Å². The molecule has 0 fully saturated rings. The van der Waals surface area contributed by atoms with E-state index in [1.54, 1.807) is 73.8 Å². The van der Waals surface area contributed by atoms with Crippen LogP contribution in [0, 0.1) is 0 Å². The van der Waals surface area contributed by atoms with Crippen LogP contribution in [0.25, 0.3) is 43.1 Å². The smallest absolute Gasteiger partial charge is 0.266 e. The third-order valence-corrected chi connectivity index (χ3v) is 23.3. The quantitative estimate of drug-likeness (QED) is 0.0359. The molecule has 11 aromatic carbocycles. The number of pyridine rings is 4. The fourth-order valence-electron chi connectivity index (χ4n) is 16.8. The highest BCUT2D eigenvalue weighted by Crippen LogP contribution is 2.59. The van der Waals surface area contributed by atoms with Crippen LogP contribution in [0.5, 0.6) is 46.0 Å². The summed E-state index contributed by atoms with van der Waals surface area (Å²) in [5.41, 5.74) is 12.4. The monoisotopic (exact) mass is 1550 g/mol. The van der Waals surface area contributed by atoms with Gasteiger partial charge in [0.2, 0.25) is 0 Å². The van der Waals surface area contributed by atoms with Crippen molar-refractivity contribution in [3.63, 3.8) is 0 Å². The molecule has 14 heteroatoms. The van der Waals surface area contributed by atoms with E-state index >= 15 is 19.2 Å². The Bertz CT molecular complexity index is 5620. The molecule has 0 saturated carbocycles. The molecule has 0 atom stereocenters. The van der Waals surface area contributed by atoms with Gasteiger partial charge in [-0.25, -0.2) is 9.80 Å². The second kappa shape index (κ2) is 30.8. The minimum absolute atomic E-state index is 0.180. The highest BCUT2D eigenvalue weighted by atomic mass is 16.5. The van der Waals surface area contributed by atoms with Crippen molar-refractivity contribution in [3.8, 4) is 46.0 Å². The average Bonchev–Trinajstić information content (AvgIpc) is 0.669. The second-order valence-electron chi connectivity index (χ2n) is 35.4. The summed E-state index contributed by atoms with van der Waals surface area (Å²) in [6, 6.07) is 66.9.